The average Bonchev–Trinajstić information content (AvgIpc) is 2.37. The van der Waals surface area contributed by atoms with Crippen molar-refractivity contribution in [3.8, 4) is 18.1 Å². The Morgan fingerprint density at radius 1 is 1.29 bits per heavy atom. The molecule has 0 saturated heterocycles. The highest BCUT2D eigenvalue weighted by atomic mass is 16.3. The maximum atomic E-state index is 9.90. The summed E-state index contributed by atoms with van der Waals surface area (Å²) in [6.45, 7) is 2.49. The normalized spacial score (nSPS) is 12.2. The molecule has 0 spiro atoms. The predicted octanol–water partition coefficient (Wildman–Crippen LogP) is 2.66. The Balaban J connectivity index is 2.38. The lowest BCUT2D eigenvalue weighted by Crippen LogP contribution is -2.23. The number of aromatic hydroxyl groups is 1. The van der Waals surface area contributed by atoms with Crippen molar-refractivity contribution in [2.75, 3.05) is 0 Å². The molecule has 2 rings (SSSR count). The highest BCUT2D eigenvalue weighted by Gasteiger charge is 2.07. The summed E-state index contributed by atoms with van der Waals surface area (Å²) in [5.41, 5.74) is 0.894. The number of hydrogen-bond donors (Lipinski definition) is 2. The van der Waals surface area contributed by atoms with Gasteiger partial charge in [-0.2, -0.15) is 0 Å². The Hall–Kier alpha value is -1.98. The SMILES string of the molecule is C#CC(C)NCc1c(O)ccc2ccccc12. The third-order valence-electron chi connectivity index (χ3n) is 2.85. The minimum Gasteiger partial charge on any atom is -0.508 e. The molecule has 86 valence electrons. The van der Waals surface area contributed by atoms with Gasteiger partial charge in [0.25, 0.3) is 0 Å². The summed E-state index contributed by atoms with van der Waals surface area (Å²) in [6.07, 6.45) is 5.31. The molecular formula is C15H15NO. The van der Waals surface area contributed by atoms with E-state index in [-0.39, 0.29) is 6.04 Å². The van der Waals surface area contributed by atoms with Crippen LogP contribution in [0.4, 0.5) is 0 Å². The monoisotopic (exact) mass is 225 g/mol. The summed E-state index contributed by atoms with van der Waals surface area (Å²) in [5, 5.41) is 15.3. The van der Waals surface area contributed by atoms with E-state index < -0.39 is 0 Å². The van der Waals surface area contributed by atoms with Gasteiger partial charge >= 0.3 is 0 Å². The van der Waals surface area contributed by atoms with Crippen molar-refractivity contribution in [3.63, 3.8) is 0 Å². The molecule has 0 aliphatic heterocycles. The molecule has 1 unspecified atom stereocenters. The number of nitrogens with one attached hydrogen (secondary N) is 1. The molecule has 0 radical (unpaired) electrons. The van der Waals surface area contributed by atoms with Crippen molar-refractivity contribution in [2.24, 2.45) is 0 Å². The van der Waals surface area contributed by atoms with Crippen LogP contribution in [0.1, 0.15) is 12.5 Å². The number of benzene rings is 2. The van der Waals surface area contributed by atoms with Gasteiger partial charge < -0.3 is 5.11 Å². The van der Waals surface area contributed by atoms with Gasteiger partial charge in [-0.3, -0.25) is 5.32 Å². The molecule has 0 aliphatic carbocycles. The van der Waals surface area contributed by atoms with Crippen LogP contribution in [-0.4, -0.2) is 11.1 Å². The van der Waals surface area contributed by atoms with Crippen LogP contribution in [0.25, 0.3) is 10.8 Å². The maximum Gasteiger partial charge on any atom is 0.120 e. The van der Waals surface area contributed by atoms with Crippen LogP contribution in [0, 0.1) is 12.3 Å². The minimum atomic E-state index is -0.00614. The zero-order valence-electron chi connectivity index (χ0n) is 9.77. The first-order valence-electron chi connectivity index (χ1n) is 5.61. The van der Waals surface area contributed by atoms with E-state index >= 15 is 0 Å². The Labute approximate surface area is 101 Å². The van der Waals surface area contributed by atoms with Gasteiger partial charge in [0.15, 0.2) is 0 Å². The van der Waals surface area contributed by atoms with Crippen LogP contribution in [0.5, 0.6) is 5.75 Å². The van der Waals surface area contributed by atoms with E-state index in [1.54, 1.807) is 6.07 Å². The highest BCUT2D eigenvalue weighted by molar-refractivity contribution is 5.87. The van der Waals surface area contributed by atoms with Crippen molar-refractivity contribution in [1.82, 2.24) is 5.32 Å². The molecule has 0 fully saturated rings. The Bertz CT molecular complexity index is 569. The zero-order chi connectivity index (χ0) is 12.3. The second-order valence-corrected chi connectivity index (χ2v) is 4.05. The van der Waals surface area contributed by atoms with Crippen molar-refractivity contribution < 1.29 is 5.11 Å². The zero-order valence-corrected chi connectivity index (χ0v) is 9.77. The Morgan fingerprint density at radius 3 is 2.82 bits per heavy atom. The molecule has 0 aromatic heterocycles. The van der Waals surface area contributed by atoms with Gasteiger partial charge in [0.2, 0.25) is 0 Å². The van der Waals surface area contributed by atoms with Crippen LogP contribution in [-0.2, 0) is 6.54 Å². The van der Waals surface area contributed by atoms with Gasteiger partial charge in [0, 0.05) is 12.1 Å². The largest absolute Gasteiger partial charge is 0.508 e. The van der Waals surface area contributed by atoms with Crippen LogP contribution in [0.15, 0.2) is 36.4 Å². The molecule has 2 aromatic carbocycles. The van der Waals surface area contributed by atoms with E-state index in [1.807, 2.05) is 37.3 Å². The fourth-order valence-electron chi connectivity index (χ4n) is 1.82. The highest BCUT2D eigenvalue weighted by Crippen LogP contribution is 2.26. The second-order valence-electron chi connectivity index (χ2n) is 4.05. The summed E-state index contributed by atoms with van der Waals surface area (Å²) < 4.78 is 0. The van der Waals surface area contributed by atoms with E-state index in [9.17, 15) is 5.11 Å². The van der Waals surface area contributed by atoms with Crippen molar-refractivity contribution in [2.45, 2.75) is 19.5 Å². The van der Waals surface area contributed by atoms with E-state index in [1.165, 1.54) is 0 Å². The van der Waals surface area contributed by atoms with Crippen molar-refractivity contribution >= 4 is 10.8 Å². The lowest BCUT2D eigenvalue weighted by molar-refractivity contribution is 0.465. The van der Waals surface area contributed by atoms with Gasteiger partial charge in [0.1, 0.15) is 5.75 Å². The summed E-state index contributed by atoms with van der Waals surface area (Å²) >= 11 is 0. The third-order valence-corrected chi connectivity index (χ3v) is 2.85. The average molecular weight is 225 g/mol. The molecular weight excluding hydrogens is 210 g/mol. The molecule has 2 nitrogen and oxygen atoms in total. The maximum absolute atomic E-state index is 9.90. The smallest absolute Gasteiger partial charge is 0.120 e. The first-order valence-corrected chi connectivity index (χ1v) is 5.61. The number of phenolic OH excluding ortho intramolecular Hbond substituents is 1. The molecule has 2 aromatic rings. The predicted molar refractivity (Wildman–Crippen MR) is 70.7 cm³/mol. The molecule has 0 bridgehead atoms. The molecule has 0 heterocycles. The van der Waals surface area contributed by atoms with E-state index in [2.05, 4.69) is 11.2 Å². The number of fused-ring (bicyclic) bond motifs is 1. The molecule has 0 aliphatic rings. The number of phenols is 1. The molecule has 0 amide bonds. The third kappa shape index (κ3) is 2.41. The molecule has 2 heteroatoms. The van der Waals surface area contributed by atoms with Crippen molar-refractivity contribution in [3.05, 3.63) is 42.0 Å². The van der Waals surface area contributed by atoms with Gasteiger partial charge in [-0.15, -0.1) is 6.42 Å². The number of rotatable bonds is 3. The van der Waals surface area contributed by atoms with Crippen LogP contribution in [0.3, 0.4) is 0 Å². The van der Waals surface area contributed by atoms with Crippen molar-refractivity contribution in [1.29, 1.82) is 0 Å². The Morgan fingerprint density at radius 2 is 2.06 bits per heavy atom. The van der Waals surface area contributed by atoms with Gasteiger partial charge in [-0.05, 0) is 23.8 Å². The van der Waals surface area contributed by atoms with E-state index in [0.717, 1.165) is 16.3 Å². The summed E-state index contributed by atoms with van der Waals surface area (Å²) in [4.78, 5) is 0. The number of terminal acetylenes is 1. The van der Waals surface area contributed by atoms with Gasteiger partial charge in [-0.1, -0.05) is 36.3 Å². The molecule has 2 N–H and O–H groups in total. The van der Waals surface area contributed by atoms with Gasteiger partial charge in [-0.25, -0.2) is 0 Å². The second kappa shape index (κ2) is 4.90. The number of hydrogen-bond acceptors (Lipinski definition) is 2. The molecule has 17 heavy (non-hydrogen) atoms. The van der Waals surface area contributed by atoms with Crippen LogP contribution >= 0.6 is 0 Å². The lowest BCUT2D eigenvalue weighted by atomic mass is 10.0. The summed E-state index contributed by atoms with van der Waals surface area (Å²) in [7, 11) is 0. The quantitative estimate of drug-likeness (QED) is 0.787. The van der Waals surface area contributed by atoms with Crippen LogP contribution < -0.4 is 5.32 Å². The first kappa shape index (κ1) is 11.5. The van der Waals surface area contributed by atoms with E-state index in [0.29, 0.717) is 12.3 Å². The summed E-state index contributed by atoms with van der Waals surface area (Å²) in [6, 6.07) is 11.6. The minimum absolute atomic E-state index is 0.00614. The lowest BCUT2D eigenvalue weighted by Gasteiger charge is -2.12. The standard InChI is InChI=1S/C15H15NO/c1-3-11(2)16-10-14-13-7-5-4-6-12(13)8-9-15(14)17/h1,4-9,11,16-17H,10H2,2H3. The molecule has 1 atom stereocenters. The Kier molecular flexibility index (Phi) is 3.32. The van der Waals surface area contributed by atoms with Crippen LogP contribution in [0.2, 0.25) is 0 Å². The molecule has 0 saturated carbocycles. The van der Waals surface area contributed by atoms with Gasteiger partial charge in [0.05, 0.1) is 6.04 Å². The summed E-state index contributed by atoms with van der Waals surface area (Å²) in [5.74, 6) is 2.92. The van der Waals surface area contributed by atoms with E-state index in [4.69, 9.17) is 6.42 Å². The first-order chi connectivity index (χ1) is 8.22. The fourth-order valence-corrected chi connectivity index (χ4v) is 1.82. The fraction of sp³-hybridized carbons (Fsp3) is 0.200. The topological polar surface area (TPSA) is 32.3 Å².